The van der Waals surface area contributed by atoms with Gasteiger partial charge < -0.3 is 5.32 Å². The molecule has 0 radical (unpaired) electrons. The van der Waals surface area contributed by atoms with Crippen LogP contribution in [0.1, 0.15) is 49.2 Å². The lowest BCUT2D eigenvalue weighted by molar-refractivity contribution is -0.126. The van der Waals surface area contributed by atoms with E-state index in [4.69, 9.17) is 0 Å². The number of hydrogen-bond donors (Lipinski definition) is 2. The van der Waals surface area contributed by atoms with Gasteiger partial charge in [-0.3, -0.25) is 4.79 Å². The molecule has 6 nitrogen and oxygen atoms in total. The van der Waals surface area contributed by atoms with Gasteiger partial charge in [-0.05, 0) is 69.4 Å². The number of rotatable bonds is 7. The molecule has 0 aliphatic heterocycles. The number of hydrogen-bond acceptors (Lipinski definition) is 5. The highest BCUT2D eigenvalue weighted by molar-refractivity contribution is 7.89. The maximum Gasteiger partial charge on any atom is 0.240 e. The summed E-state index contributed by atoms with van der Waals surface area (Å²) < 4.78 is 41.6. The number of halogens is 1. The maximum atomic E-state index is 13.1. The number of nitrogens with zero attached hydrogens (tertiary/aromatic N) is 1. The molecular formula is C25H28FN3O3S2. The fourth-order valence-electron chi connectivity index (χ4n) is 4.23. The number of aromatic nitrogens is 1. The molecule has 1 heterocycles. The first-order valence-corrected chi connectivity index (χ1v) is 13.7. The lowest BCUT2D eigenvalue weighted by Crippen LogP contribution is -2.41. The SMILES string of the molecule is Cc1nc(-c2ccc(S(=O)(=O)NC3CCC(C(=O)NC(C)c4ccc(F)cc4)CC3)cc2)cs1. The zero-order valence-electron chi connectivity index (χ0n) is 19.1. The van der Waals surface area contributed by atoms with Crippen molar-refractivity contribution in [1.82, 2.24) is 15.0 Å². The van der Waals surface area contributed by atoms with Gasteiger partial charge in [0.1, 0.15) is 5.82 Å². The lowest BCUT2D eigenvalue weighted by atomic mass is 9.85. The summed E-state index contributed by atoms with van der Waals surface area (Å²) in [6, 6.07) is 12.4. The zero-order valence-corrected chi connectivity index (χ0v) is 20.8. The zero-order chi connectivity index (χ0) is 24.3. The normalized spacial score (nSPS) is 19.5. The molecule has 0 bridgehead atoms. The highest BCUT2D eigenvalue weighted by atomic mass is 32.2. The van der Waals surface area contributed by atoms with Crippen LogP contribution in [0.3, 0.4) is 0 Å². The van der Waals surface area contributed by atoms with Gasteiger partial charge in [0, 0.05) is 22.9 Å². The van der Waals surface area contributed by atoms with E-state index in [1.165, 1.54) is 12.1 Å². The topological polar surface area (TPSA) is 88.2 Å². The number of nitrogens with one attached hydrogen (secondary N) is 2. The van der Waals surface area contributed by atoms with Crippen molar-refractivity contribution in [1.29, 1.82) is 0 Å². The van der Waals surface area contributed by atoms with Gasteiger partial charge in [0.05, 0.1) is 21.6 Å². The number of carbonyl (C=O) groups is 1. The Labute approximate surface area is 203 Å². The van der Waals surface area contributed by atoms with Crippen LogP contribution in [0.25, 0.3) is 11.3 Å². The summed E-state index contributed by atoms with van der Waals surface area (Å²) in [7, 11) is -3.65. The van der Waals surface area contributed by atoms with Gasteiger partial charge in [-0.2, -0.15) is 0 Å². The summed E-state index contributed by atoms with van der Waals surface area (Å²) in [6.07, 6.45) is 2.41. The highest BCUT2D eigenvalue weighted by Gasteiger charge is 2.29. The second kappa shape index (κ2) is 10.3. The molecule has 1 fully saturated rings. The molecule has 1 aromatic heterocycles. The molecule has 2 aromatic carbocycles. The van der Waals surface area contributed by atoms with Crippen molar-refractivity contribution in [3.05, 3.63) is 70.3 Å². The summed E-state index contributed by atoms with van der Waals surface area (Å²) in [6.45, 7) is 3.80. The number of amides is 1. The fraction of sp³-hybridized carbons (Fsp3) is 0.360. The first-order valence-electron chi connectivity index (χ1n) is 11.3. The quantitative estimate of drug-likeness (QED) is 0.478. The van der Waals surface area contributed by atoms with E-state index < -0.39 is 10.0 Å². The molecule has 3 aromatic rings. The van der Waals surface area contributed by atoms with E-state index in [2.05, 4.69) is 15.0 Å². The van der Waals surface area contributed by atoms with Crippen molar-refractivity contribution in [3.63, 3.8) is 0 Å². The summed E-state index contributed by atoms with van der Waals surface area (Å²) >= 11 is 1.55. The Balaban J connectivity index is 1.29. The van der Waals surface area contributed by atoms with Gasteiger partial charge in [0.25, 0.3) is 0 Å². The van der Waals surface area contributed by atoms with Crippen LogP contribution >= 0.6 is 11.3 Å². The van der Waals surface area contributed by atoms with Gasteiger partial charge in [-0.1, -0.05) is 24.3 Å². The third-order valence-electron chi connectivity index (χ3n) is 6.23. The van der Waals surface area contributed by atoms with Crippen LogP contribution in [-0.4, -0.2) is 25.4 Å². The third-order valence-corrected chi connectivity index (χ3v) is 8.54. The molecule has 2 N–H and O–H groups in total. The average Bonchev–Trinajstić information content (AvgIpc) is 3.26. The average molecular weight is 502 g/mol. The van der Waals surface area contributed by atoms with E-state index in [1.807, 2.05) is 19.2 Å². The Morgan fingerprint density at radius 1 is 1.06 bits per heavy atom. The van der Waals surface area contributed by atoms with E-state index >= 15 is 0 Å². The summed E-state index contributed by atoms with van der Waals surface area (Å²) in [5.74, 6) is -0.524. The van der Waals surface area contributed by atoms with Crippen molar-refractivity contribution >= 4 is 27.3 Å². The standard InChI is InChI=1S/C25H28FN3O3S2/c1-16(18-3-9-21(26)10-4-18)27-25(30)20-5-11-22(12-6-20)29-34(31,32)23-13-7-19(8-14-23)24-15-33-17(2)28-24/h3-4,7-10,13-16,20,22,29H,5-6,11-12H2,1-2H3,(H,27,30). The van der Waals surface area contributed by atoms with Crippen LogP contribution < -0.4 is 10.0 Å². The van der Waals surface area contributed by atoms with Crippen molar-refractivity contribution in [3.8, 4) is 11.3 Å². The van der Waals surface area contributed by atoms with E-state index in [0.717, 1.165) is 21.8 Å². The molecule has 0 saturated heterocycles. The molecule has 1 aliphatic rings. The molecule has 1 saturated carbocycles. The Morgan fingerprint density at radius 3 is 2.29 bits per heavy atom. The maximum absolute atomic E-state index is 13.1. The summed E-state index contributed by atoms with van der Waals surface area (Å²) in [4.78, 5) is 17.3. The van der Waals surface area contributed by atoms with Crippen LogP contribution in [-0.2, 0) is 14.8 Å². The van der Waals surface area contributed by atoms with Crippen LogP contribution in [0.5, 0.6) is 0 Å². The van der Waals surface area contributed by atoms with Crippen molar-refractivity contribution in [2.75, 3.05) is 0 Å². The van der Waals surface area contributed by atoms with Gasteiger partial charge >= 0.3 is 0 Å². The molecule has 180 valence electrons. The Hall–Kier alpha value is -2.62. The van der Waals surface area contributed by atoms with Gasteiger partial charge in [-0.25, -0.2) is 22.5 Å². The molecule has 0 spiro atoms. The lowest BCUT2D eigenvalue weighted by Gasteiger charge is -2.29. The second-order valence-electron chi connectivity index (χ2n) is 8.73. The predicted octanol–water partition coefficient (Wildman–Crippen LogP) is 4.97. The Morgan fingerprint density at radius 2 is 1.71 bits per heavy atom. The number of aryl methyl sites for hydroxylation is 1. The van der Waals surface area contributed by atoms with Crippen molar-refractivity contribution in [2.45, 2.75) is 56.5 Å². The number of sulfonamides is 1. The van der Waals surface area contributed by atoms with Gasteiger partial charge in [0.2, 0.25) is 15.9 Å². The van der Waals surface area contributed by atoms with Crippen LogP contribution in [0.15, 0.2) is 58.8 Å². The highest BCUT2D eigenvalue weighted by Crippen LogP contribution is 2.28. The van der Waals surface area contributed by atoms with Crippen molar-refractivity contribution < 1.29 is 17.6 Å². The van der Waals surface area contributed by atoms with E-state index in [0.29, 0.717) is 25.7 Å². The largest absolute Gasteiger partial charge is 0.349 e. The van der Waals surface area contributed by atoms with Gasteiger partial charge in [0.15, 0.2) is 0 Å². The van der Waals surface area contributed by atoms with Gasteiger partial charge in [-0.15, -0.1) is 11.3 Å². The summed E-state index contributed by atoms with van der Waals surface area (Å²) in [5, 5.41) is 5.90. The molecular weight excluding hydrogens is 473 g/mol. The smallest absolute Gasteiger partial charge is 0.240 e. The summed E-state index contributed by atoms with van der Waals surface area (Å²) in [5.41, 5.74) is 2.56. The van der Waals surface area contributed by atoms with Crippen LogP contribution in [0.2, 0.25) is 0 Å². The van der Waals surface area contributed by atoms with Crippen LogP contribution in [0.4, 0.5) is 4.39 Å². The van der Waals surface area contributed by atoms with Crippen LogP contribution in [0, 0.1) is 18.7 Å². The minimum atomic E-state index is -3.65. The molecule has 34 heavy (non-hydrogen) atoms. The molecule has 1 unspecified atom stereocenters. The second-order valence-corrected chi connectivity index (χ2v) is 11.5. The number of carbonyl (C=O) groups excluding carboxylic acids is 1. The van der Waals surface area contributed by atoms with E-state index in [1.54, 1.807) is 47.7 Å². The first-order chi connectivity index (χ1) is 16.2. The molecule has 4 rings (SSSR count). The Kier molecular flexibility index (Phi) is 7.45. The van der Waals surface area contributed by atoms with Crippen molar-refractivity contribution in [2.24, 2.45) is 5.92 Å². The Bertz CT molecular complexity index is 1230. The van der Waals surface area contributed by atoms with E-state index in [9.17, 15) is 17.6 Å². The first kappa shape index (κ1) is 24.5. The number of thiazole rings is 1. The minimum Gasteiger partial charge on any atom is -0.349 e. The monoisotopic (exact) mass is 501 g/mol. The molecule has 1 aliphatic carbocycles. The number of benzene rings is 2. The predicted molar refractivity (Wildman–Crippen MR) is 131 cm³/mol. The molecule has 9 heteroatoms. The van der Waals surface area contributed by atoms with E-state index in [-0.39, 0.29) is 34.6 Å². The molecule has 1 amide bonds. The fourth-order valence-corrected chi connectivity index (χ4v) is 6.15. The molecule has 1 atom stereocenters. The third kappa shape index (κ3) is 5.89. The minimum absolute atomic E-state index is 0.0500.